The van der Waals surface area contributed by atoms with Gasteiger partial charge in [-0.15, -0.1) is 0 Å². The van der Waals surface area contributed by atoms with Gasteiger partial charge >= 0.3 is 11.9 Å². The molecular formula is C11H12O6. The lowest BCUT2D eigenvalue weighted by molar-refractivity contribution is -0.175. The molecule has 0 saturated heterocycles. The van der Waals surface area contributed by atoms with Crippen molar-refractivity contribution in [3.8, 4) is 5.75 Å². The highest BCUT2D eigenvalue weighted by atomic mass is 16.5. The normalized spacial score (nSPS) is 10.9. The lowest BCUT2D eigenvalue weighted by Gasteiger charge is -2.18. The molecule has 1 aromatic carbocycles. The van der Waals surface area contributed by atoms with E-state index in [1.165, 1.54) is 19.2 Å². The number of hydrogen-bond donors (Lipinski definition) is 3. The Bertz CT molecular complexity index is 408. The summed E-state index contributed by atoms with van der Waals surface area (Å²) in [5.74, 6) is -3.02. The molecule has 0 aliphatic rings. The number of carbonyl (C=O) groups is 2. The maximum absolute atomic E-state index is 10.7. The second kappa shape index (κ2) is 4.84. The highest BCUT2D eigenvalue weighted by Crippen LogP contribution is 2.18. The van der Waals surface area contributed by atoms with Crippen molar-refractivity contribution < 1.29 is 29.6 Å². The summed E-state index contributed by atoms with van der Waals surface area (Å²) in [7, 11) is 1.47. The Morgan fingerprint density at radius 1 is 1.18 bits per heavy atom. The minimum Gasteiger partial charge on any atom is -0.497 e. The van der Waals surface area contributed by atoms with Crippen molar-refractivity contribution in [2.45, 2.75) is 12.0 Å². The number of hydrogen-bond acceptors (Lipinski definition) is 4. The third kappa shape index (κ3) is 2.73. The first-order valence-corrected chi connectivity index (χ1v) is 4.72. The predicted octanol–water partition coefficient (Wildman–Crippen LogP) is 0.138. The lowest BCUT2D eigenvalue weighted by Crippen LogP contribution is -2.48. The summed E-state index contributed by atoms with van der Waals surface area (Å²) in [6, 6.07) is 6.10. The summed E-state index contributed by atoms with van der Waals surface area (Å²) < 4.78 is 4.90. The number of aliphatic carboxylic acids is 2. The Labute approximate surface area is 97.1 Å². The van der Waals surface area contributed by atoms with Crippen LogP contribution in [0.5, 0.6) is 5.75 Å². The van der Waals surface area contributed by atoms with Crippen LogP contribution in [-0.2, 0) is 16.0 Å². The Kier molecular flexibility index (Phi) is 3.69. The summed E-state index contributed by atoms with van der Waals surface area (Å²) in [6.07, 6.45) is -0.512. The van der Waals surface area contributed by atoms with Gasteiger partial charge < -0.3 is 20.1 Å². The molecule has 0 atom stereocenters. The van der Waals surface area contributed by atoms with Crippen LogP contribution in [0.2, 0.25) is 0 Å². The number of aliphatic hydroxyl groups is 1. The molecule has 17 heavy (non-hydrogen) atoms. The maximum atomic E-state index is 10.7. The number of carboxylic acid groups (broad SMARTS) is 2. The van der Waals surface area contributed by atoms with E-state index in [4.69, 9.17) is 14.9 Å². The molecule has 0 aromatic heterocycles. The SMILES string of the molecule is COc1ccc(CC(O)(C(=O)O)C(=O)O)cc1. The predicted molar refractivity (Wildman–Crippen MR) is 56.9 cm³/mol. The smallest absolute Gasteiger partial charge is 0.347 e. The molecule has 0 radical (unpaired) electrons. The first kappa shape index (κ1) is 13.0. The average molecular weight is 240 g/mol. The van der Waals surface area contributed by atoms with Gasteiger partial charge in [0.1, 0.15) is 5.75 Å². The molecule has 1 aromatic rings. The zero-order chi connectivity index (χ0) is 13.1. The van der Waals surface area contributed by atoms with E-state index in [1.807, 2.05) is 0 Å². The van der Waals surface area contributed by atoms with Crippen molar-refractivity contribution in [3.63, 3.8) is 0 Å². The molecule has 6 heteroatoms. The number of ether oxygens (including phenoxy) is 1. The largest absolute Gasteiger partial charge is 0.497 e. The molecule has 0 spiro atoms. The quantitative estimate of drug-likeness (QED) is 0.632. The van der Waals surface area contributed by atoms with E-state index < -0.39 is 24.0 Å². The van der Waals surface area contributed by atoms with Crippen LogP contribution < -0.4 is 4.74 Å². The molecule has 1 rings (SSSR count). The van der Waals surface area contributed by atoms with Gasteiger partial charge in [-0.3, -0.25) is 0 Å². The fraction of sp³-hybridized carbons (Fsp3) is 0.273. The lowest BCUT2D eigenvalue weighted by atomic mass is 9.95. The van der Waals surface area contributed by atoms with Crippen LogP contribution in [0.4, 0.5) is 0 Å². The summed E-state index contributed by atoms with van der Waals surface area (Å²) in [5, 5.41) is 26.9. The Hall–Kier alpha value is -2.08. The van der Waals surface area contributed by atoms with Gasteiger partial charge in [-0.25, -0.2) is 9.59 Å². The minimum absolute atomic E-state index is 0.387. The van der Waals surface area contributed by atoms with Crippen molar-refractivity contribution in [2.75, 3.05) is 7.11 Å². The van der Waals surface area contributed by atoms with E-state index in [1.54, 1.807) is 12.1 Å². The molecule has 0 aliphatic heterocycles. The van der Waals surface area contributed by atoms with Crippen molar-refractivity contribution in [1.82, 2.24) is 0 Å². The molecule has 0 bridgehead atoms. The molecule has 6 nitrogen and oxygen atoms in total. The third-order valence-electron chi connectivity index (χ3n) is 2.33. The Balaban J connectivity index is 2.94. The highest BCUT2D eigenvalue weighted by Gasteiger charge is 2.44. The number of carboxylic acids is 2. The molecule has 0 unspecified atom stereocenters. The van der Waals surface area contributed by atoms with E-state index in [0.717, 1.165) is 0 Å². The van der Waals surface area contributed by atoms with E-state index >= 15 is 0 Å². The second-order valence-electron chi connectivity index (χ2n) is 3.50. The number of rotatable bonds is 5. The van der Waals surface area contributed by atoms with Crippen molar-refractivity contribution >= 4 is 11.9 Å². The van der Waals surface area contributed by atoms with Crippen LogP contribution in [0.3, 0.4) is 0 Å². The van der Waals surface area contributed by atoms with Crippen LogP contribution in [0.15, 0.2) is 24.3 Å². The van der Waals surface area contributed by atoms with E-state index in [9.17, 15) is 14.7 Å². The van der Waals surface area contributed by atoms with Gasteiger partial charge in [0.05, 0.1) is 7.11 Å². The van der Waals surface area contributed by atoms with Crippen LogP contribution in [0, 0.1) is 0 Å². The molecule has 0 amide bonds. The second-order valence-corrected chi connectivity index (χ2v) is 3.50. The summed E-state index contributed by atoms with van der Waals surface area (Å²) in [6.45, 7) is 0. The molecule has 0 heterocycles. The monoisotopic (exact) mass is 240 g/mol. The van der Waals surface area contributed by atoms with Crippen molar-refractivity contribution in [1.29, 1.82) is 0 Å². The van der Waals surface area contributed by atoms with Gasteiger partial charge in [-0.05, 0) is 17.7 Å². The first-order chi connectivity index (χ1) is 7.90. The first-order valence-electron chi connectivity index (χ1n) is 4.72. The van der Waals surface area contributed by atoms with Gasteiger partial charge in [-0.2, -0.15) is 0 Å². The zero-order valence-electron chi connectivity index (χ0n) is 9.08. The zero-order valence-corrected chi connectivity index (χ0v) is 9.08. The maximum Gasteiger partial charge on any atom is 0.347 e. The standard InChI is InChI=1S/C11H12O6/c1-17-8-4-2-7(3-5-8)6-11(16,9(12)13)10(14)15/h2-5,16H,6H2,1H3,(H,12,13)(H,14,15). The molecule has 0 fully saturated rings. The van der Waals surface area contributed by atoms with Crippen LogP contribution >= 0.6 is 0 Å². The van der Waals surface area contributed by atoms with Crippen LogP contribution in [0.1, 0.15) is 5.56 Å². The van der Waals surface area contributed by atoms with E-state index in [2.05, 4.69) is 0 Å². The van der Waals surface area contributed by atoms with Gasteiger partial charge in [-0.1, -0.05) is 12.1 Å². The minimum atomic E-state index is -2.81. The fourth-order valence-corrected chi connectivity index (χ4v) is 1.28. The highest BCUT2D eigenvalue weighted by molar-refractivity contribution is 6.01. The van der Waals surface area contributed by atoms with Gasteiger partial charge in [0, 0.05) is 6.42 Å². The Morgan fingerprint density at radius 3 is 2.00 bits per heavy atom. The summed E-state index contributed by atoms with van der Waals surface area (Å²) in [5.41, 5.74) is -2.42. The van der Waals surface area contributed by atoms with Crippen LogP contribution in [0.25, 0.3) is 0 Å². The van der Waals surface area contributed by atoms with Gasteiger partial charge in [0.15, 0.2) is 0 Å². The molecule has 0 aliphatic carbocycles. The molecular weight excluding hydrogens is 228 g/mol. The van der Waals surface area contributed by atoms with Crippen molar-refractivity contribution in [3.05, 3.63) is 29.8 Å². The van der Waals surface area contributed by atoms with E-state index in [0.29, 0.717) is 11.3 Å². The van der Waals surface area contributed by atoms with E-state index in [-0.39, 0.29) is 0 Å². The molecule has 3 N–H and O–H groups in total. The van der Waals surface area contributed by atoms with Crippen molar-refractivity contribution in [2.24, 2.45) is 0 Å². The van der Waals surface area contributed by atoms with Crippen LogP contribution in [-0.4, -0.2) is 40.0 Å². The number of benzene rings is 1. The van der Waals surface area contributed by atoms with Gasteiger partial charge in [0.2, 0.25) is 0 Å². The van der Waals surface area contributed by atoms with Gasteiger partial charge in [0.25, 0.3) is 5.60 Å². The Morgan fingerprint density at radius 2 is 1.65 bits per heavy atom. The molecule has 0 saturated carbocycles. The topological polar surface area (TPSA) is 104 Å². The summed E-state index contributed by atoms with van der Waals surface area (Å²) >= 11 is 0. The fourth-order valence-electron chi connectivity index (χ4n) is 1.28. The third-order valence-corrected chi connectivity index (χ3v) is 2.33. The molecule has 92 valence electrons. The summed E-state index contributed by atoms with van der Waals surface area (Å²) in [4.78, 5) is 21.5. The number of methoxy groups -OCH3 is 1. The average Bonchev–Trinajstić information content (AvgIpc) is 2.29.